The van der Waals surface area contributed by atoms with Crippen molar-refractivity contribution in [1.82, 2.24) is 9.55 Å². The highest BCUT2D eigenvalue weighted by Crippen LogP contribution is 2.18. The molecule has 0 bridgehead atoms. The summed E-state index contributed by atoms with van der Waals surface area (Å²) in [6, 6.07) is 8.70. The van der Waals surface area contributed by atoms with E-state index in [4.69, 9.17) is 11.6 Å². The van der Waals surface area contributed by atoms with Crippen molar-refractivity contribution in [2.45, 2.75) is 11.9 Å². The molecule has 20 heavy (non-hydrogen) atoms. The minimum atomic E-state index is -3.48. The minimum Gasteiger partial charge on any atom is -0.387 e. The first-order chi connectivity index (χ1) is 9.39. The van der Waals surface area contributed by atoms with Crippen LogP contribution in [-0.2, 0) is 22.6 Å². The number of hydrogen-bond acceptors (Lipinski definition) is 4. The molecule has 1 aromatic heterocycles. The molecular weight excluding hydrogens is 300 g/mol. The summed E-state index contributed by atoms with van der Waals surface area (Å²) in [5, 5.41) is 10.4. The van der Waals surface area contributed by atoms with Crippen LogP contribution < -0.4 is 0 Å². The average Bonchev–Trinajstić information content (AvgIpc) is 2.71. The van der Waals surface area contributed by atoms with Gasteiger partial charge >= 0.3 is 0 Å². The van der Waals surface area contributed by atoms with Gasteiger partial charge in [0.2, 0.25) is 0 Å². The van der Waals surface area contributed by atoms with E-state index in [1.165, 1.54) is 10.8 Å². The fourth-order valence-electron chi connectivity index (χ4n) is 1.83. The van der Waals surface area contributed by atoms with Crippen LogP contribution in [0.15, 0.2) is 36.5 Å². The highest BCUT2D eigenvalue weighted by Gasteiger charge is 2.21. The second-order valence-electron chi connectivity index (χ2n) is 4.54. The van der Waals surface area contributed by atoms with Crippen LogP contribution in [0.25, 0.3) is 0 Å². The number of benzene rings is 1. The van der Waals surface area contributed by atoms with E-state index in [1.807, 2.05) is 0 Å². The van der Waals surface area contributed by atoms with Gasteiger partial charge in [-0.2, -0.15) is 0 Å². The standard InChI is InChI=1S/C13H15ClN2O3S/c1-16-12(14)7-15-13(16)9-20(18,19)8-11(17)10-5-3-2-4-6-10/h2-7,11,17H,8-9H2,1H3. The highest BCUT2D eigenvalue weighted by atomic mass is 35.5. The SMILES string of the molecule is Cn1c(Cl)cnc1CS(=O)(=O)CC(O)c1ccccc1. The fraction of sp³-hybridized carbons (Fsp3) is 0.308. The number of halogens is 1. The first-order valence-corrected chi connectivity index (χ1v) is 8.18. The van der Waals surface area contributed by atoms with Crippen molar-refractivity contribution in [2.75, 3.05) is 5.75 Å². The molecule has 5 nitrogen and oxygen atoms in total. The lowest BCUT2D eigenvalue weighted by molar-refractivity contribution is 0.201. The molecular formula is C13H15ClN2O3S. The van der Waals surface area contributed by atoms with Crippen LogP contribution >= 0.6 is 11.6 Å². The Bertz CT molecular complexity index is 683. The molecule has 0 saturated heterocycles. The van der Waals surface area contributed by atoms with Crippen LogP contribution in [0.2, 0.25) is 5.15 Å². The Labute approximate surface area is 122 Å². The Hall–Kier alpha value is -1.37. The third-order valence-corrected chi connectivity index (χ3v) is 4.85. The van der Waals surface area contributed by atoms with Crippen molar-refractivity contribution in [3.8, 4) is 0 Å². The molecule has 1 N–H and O–H groups in total. The van der Waals surface area contributed by atoms with Gasteiger partial charge in [-0.15, -0.1) is 0 Å². The molecule has 0 saturated carbocycles. The summed E-state index contributed by atoms with van der Waals surface area (Å²) >= 11 is 5.82. The number of aromatic nitrogens is 2. The van der Waals surface area contributed by atoms with Crippen LogP contribution in [0.5, 0.6) is 0 Å². The van der Waals surface area contributed by atoms with Gasteiger partial charge in [0.25, 0.3) is 0 Å². The van der Waals surface area contributed by atoms with E-state index in [0.29, 0.717) is 16.5 Å². The Kier molecular flexibility index (Phi) is 4.47. The van der Waals surface area contributed by atoms with E-state index in [1.54, 1.807) is 37.4 Å². The topological polar surface area (TPSA) is 72.2 Å². The zero-order valence-electron chi connectivity index (χ0n) is 10.9. The summed E-state index contributed by atoms with van der Waals surface area (Å²) in [6.07, 6.45) is 0.358. The number of rotatable bonds is 5. The molecule has 2 aromatic rings. The van der Waals surface area contributed by atoms with Gasteiger partial charge < -0.3 is 9.67 Å². The zero-order valence-corrected chi connectivity index (χ0v) is 12.5. The maximum atomic E-state index is 12.1. The molecule has 1 heterocycles. The van der Waals surface area contributed by atoms with E-state index >= 15 is 0 Å². The number of sulfone groups is 1. The minimum absolute atomic E-state index is 0.250. The normalized spacial score (nSPS) is 13.3. The van der Waals surface area contributed by atoms with Crippen LogP contribution in [-0.4, -0.2) is 28.8 Å². The summed E-state index contributed by atoms with van der Waals surface area (Å²) in [4.78, 5) is 3.95. The van der Waals surface area contributed by atoms with Crippen molar-refractivity contribution in [3.63, 3.8) is 0 Å². The third kappa shape index (κ3) is 3.59. The second kappa shape index (κ2) is 5.95. The third-order valence-electron chi connectivity index (χ3n) is 2.97. The largest absolute Gasteiger partial charge is 0.387 e. The lowest BCUT2D eigenvalue weighted by Gasteiger charge is -2.11. The molecule has 1 aromatic carbocycles. The molecule has 0 spiro atoms. The quantitative estimate of drug-likeness (QED) is 0.912. The van der Waals surface area contributed by atoms with E-state index in [2.05, 4.69) is 4.98 Å². The maximum absolute atomic E-state index is 12.1. The Balaban J connectivity index is 2.10. The molecule has 0 amide bonds. The summed E-state index contributed by atoms with van der Waals surface area (Å²) in [5.74, 6) is -0.239. The number of imidazole rings is 1. The average molecular weight is 315 g/mol. The Morgan fingerprint density at radius 1 is 1.35 bits per heavy atom. The summed E-state index contributed by atoms with van der Waals surface area (Å²) in [6.45, 7) is 0. The lowest BCUT2D eigenvalue weighted by atomic mass is 10.1. The Morgan fingerprint density at radius 2 is 2.00 bits per heavy atom. The van der Waals surface area contributed by atoms with Crippen molar-refractivity contribution in [1.29, 1.82) is 0 Å². The predicted octanol–water partition coefficient (Wildman–Crippen LogP) is 1.72. The molecule has 1 unspecified atom stereocenters. The maximum Gasteiger partial charge on any atom is 0.160 e. The van der Waals surface area contributed by atoms with Crippen LogP contribution in [0.3, 0.4) is 0 Å². The molecule has 0 fully saturated rings. The van der Waals surface area contributed by atoms with E-state index in [-0.39, 0.29) is 11.5 Å². The molecule has 0 aliphatic heterocycles. The van der Waals surface area contributed by atoms with Gasteiger partial charge in [0.05, 0.1) is 18.1 Å². The molecule has 2 rings (SSSR count). The molecule has 0 aliphatic rings. The number of hydrogen-bond donors (Lipinski definition) is 1. The molecule has 108 valence electrons. The van der Waals surface area contributed by atoms with Gasteiger partial charge in [-0.05, 0) is 5.56 Å². The number of nitrogens with zero attached hydrogens (tertiary/aromatic N) is 2. The lowest BCUT2D eigenvalue weighted by Crippen LogP contribution is -2.18. The van der Waals surface area contributed by atoms with Gasteiger partial charge in [0.15, 0.2) is 9.84 Å². The van der Waals surface area contributed by atoms with E-state index in [9.17, 15) is 13.5 Å². The molecule has 7 heteroatoms. The second-order valence-corrected chi connectivity index (χ2v) is 7.03. The smallest absolute Gasteiger partial charge is 0.160 e. The van der Waals surface area contributed by atoms with Crippen LogP contribution in [0, 0.1) is 0 Å². The molecule has 1 atom stereocenters. The van der Waals surface area contributed by atoms with Crippen molar-refractivity contribution in [3.05, 3.63) is 53.1 Å². The summed E-state index contributed by atoms with van der Waals surface area (Å²) in [7, 11) is -1.84. The van der Waals surface area contributed by atoms with Crippen molar-refractivity contribution < 1.29 is 13.5 Å². The van der Waals surface area contributed by atoms with Gasteiger partial charge in [-0.1, -0.05) is 41.9 Å². The predicted molar refractivity (Wildman–Crippen MR) is 77.1 cm³/mol. The first kappa shape index (κ1) is 15.0. The Morgan fingerprint density at radius 3 is 2.55 bits per heavy atom. The van der Waals surface area contributed by atoms with Crippen LogP contribution in [0.4, 0.5) is 0 Å². The first-order valence-electron chi connectivity index (χ1n) is 5.98. The van der Waals surface area contributed by atoms with Gasteiger partial charge in [0.1, 0.15) is 16.7 Å². The number of aliphatic hydroxyl groups is 1. The fourth-order valence-corrected chi connectivity index (χ4v) is 3.43. The summed E-state index contributed by atoms with van der Waals surface area (Å²) < 4.78 is 25.7. The zero-order chi connectivity index (χ0) is 14.8. The van der Waals surface area contributed by atoms with Crippen LogP contribution in [0.1, 0.15) is 17.5 Å². The summed E-state index contributed by atoms with van der Waals surface area (Å²) in [5.41, 5.74) is 0.578. The van der Waals surface area contributed by atoms with Crippen molar-refractivity contribution >= 4 is 21.4 Å². The molecule has 0 radical (unpaired) electrons. The van der Waals surface area contributed by atoms with Gasteiger partial charge in [-0.25, -0.2) is 13.4 Å². The van der Waals surface area contributed by atoms with Gasteiger partial charge in [-0.3, -0.25) is 0 Å². The van der Waals surface area contributed by atoms with Gasteiger partial charge in [0, 0.05) is 7.05 Å². The van der Waals surface area contributed by atoms with Crippen molar-refractivity contribution in [2.24, 2.45) is 7.05 Å². The number of aliphatic hydroxyl groups excluding tert-OH is 1. The highest BCUT2D eigenvalue weighted by molar-refractivity contribution is 7.90. The molecule has 0 aliphatic carbocycles. The van der Waals surface area contributed by atoms with E-state index < -0.39 is 15.9 Å². The van der Waals surface area contributed by atoms with E-state index in [0.717, 1.165) is 0 Å². The monoisotopic (exact) mass is 314 g/mol.